The molecule has 1 amide bonds. The van der Waals surface area contributed by atoms with Gasteiger partial charge in [0.1, 0.15) is 12.4 Å². The molecule has 0 N–H and O–H groups in total. The Kier molecular flexibility index (Phi) is 10.5. The molecule has 1 aliphatic heterocycles. The fourth-order valence-electron chi connectivity index (χ4n) is 5.01. The van der Waals surface area contributed by atoms with E-state index < -0.39 is 8.32 Å². The van der Waals surface area contributed by atoms with Crippen LogP contribution in [-0.2, 0) is 25.2 Å². The van der Waals surface area contributed by atoms with Gasteiger partial charge in [-0.25, -0.2) is 4.39 Å². The minimum atomic E-state index is -2.05. The van der Waals surface area contributed by atoms with E-state index in [-0.39, 0.29) is 41.5 Å². The van der Waals surface area contributed by atoms with Crippen molar-refractivity contribution in [1.82, 2.24) is 4.90 Å². The first kappa shape index (κ1) is 29.6. The third-order valence-electron chi connectivity index (χ3n) is 8.35. The summed E-state index contributed by atoms with van der Waals surface area (Å²) in [6, 6.07) is 6.53. The molecule has 3 rings (SSSR count). The third kappa shape index (κ3) is 9.06. The van der Waals surface area contributed by atoms with Crippen LogP contribution in [0.5, 0.6) is 0 Å². The Balaban J connectivity index is 1.59. The van der Waals surface area contributed by atoms with Gasteiger partial charge in [-0.2, -0.15) is 0 Å². The van der Waals surface area contributed by atoms with E-state index in [2.05, 4.69) is 46.0 Å². The summed E-state index contributed by atoms with van der Waals surface area (Å²) < 4.78 is 25.6. The fourth-order valence-corrected chi connectivity index (χ4v) is 6.28. The van der Waals surface area contributed by atoms with Crippen LogP contribution >= 0.6 is 0 Å². The van der Waals surface area contributed by atoms with Gasteiger partial charge < -0.3 is 14.1 Å². The van der Waals surface area contributed by atoms with Gasteiger partial charge in [0.05, 0.1) is 18.7 Å². The number of halogens is 1. The number of rotatable bonds is 12. The van der Waals surface area contributed by atoms with Crippen LogP contribution in [0.4, 0.5) is 4.39 Å². The lowest BCUT2D eigenvalue weighted by Gasteiger charge is -2.39. The van der Waals surface area contributed by atoms with Crippen molar-refractivity contribution in [3.8, 4) is 0 Å². The first-order valence-electron chi connectivity index (χ1n) is 14.0. The monoisotopic (exact) mass is 531 g/mol. The highest BCUT2D eigenvalue weighted by Crippen LogP contribution is 2.38. The summed E-state index contributed by atoms with van der Waals surface area (Å²) in [5.41, 5.74) is 1.01. The second kappa shape index (κ2) is 13.2. The number of amides is 1. The summed E-state index contributed by atoms with van der Waals surface area (Å²) in [5, 5.41) is 0.0544. The molecule has 5 nitrogen and oxygen atoms in total. The highest BCUT2D eigenvalue weighted by atomic mass is 28.4. The zero-order valence-corrected chi connectivity index (χ0v) is 24.4. The largest absolute Gasteiger partial charge is 0.464 e. The summed E-state index contributed by atoms with van der Waals surface area (Å²) in [5.74, 6) is 0.351. The van der Waals surface area contributed by atoms with Crippen LogP contribution in [0, 0.1) is 11.7 Å². The van der Waals surface area contributed by atoms with E-state index >= 15 is 0 Å². The van der Waals surface area contributed by atoms with E-state index in [0.717, 1.165) is 18.4 Å². The molecule has 0 spiro atoms. The number of nitrogens with zero attached hydrogens (tertiary/aromatic N) is 1. The zero-order chi connectivity index (χ0) is 27.1. The lowest BCUT2D eigenvalue weighted by molar-refractivity contribution is -0.145. The number of ether oxygens (including phenoxy) is 1. The molecule has 206 valence electrons. The zero-order valence-electron chi connectivity index (χ0n) is 23.4. The molecule has 1 aliphatic carbocycles. The lowest BCUT2D eigenvalue weighted by Crippen LogP contribution is -2.44. The molecule has 0 aromatic heterocycles. The standard InChI is InChI=1S/C30H46FNO4Si/c1-30(2,3)37(4,5)36-27(22-24-10-13-25(31)14-11-24)17-15-26-16-18-28(33)32(26)20-21-35-29(34)19-12-23-8-6-7-9-23/h10-11,13-15,17,23,26-27H,6-9,12,16,18-22H2,1-5H3/t26-,27+/m0/s1. The molecule has 37 heavy (non-hydrogen) atoms. The highest BCUT2D eigenvalue weighted by Gasteiger charge is 2.39. The van der Waals surface area contributed by atoms with Crippen molar-refractivity contribution in [2.75, 3.05) is 13.2 Å². The van der Waals surface area contributed by atoms with E-state index in [1.54, 1.807) is 12.1 Å². The average molecular weight is 532 g/mol. The molecule has 0 radical (unpaired) electrons. The van der Waals surface area contributed by atoms with E-state index in [1.807, 2.05) is 4.90 Å². The number of likely N-dealkylation sites (tertiary alicyclic amines) is 1. The smallest absolute Gasteiger partial charge is 0.305 e. The van der Waals surface area contributed by atoms with Crippen LogP contribution in [0.15, 0.2) is 36.4 Å². The van der Waals surface area contributed by atoms with Crippen molar-refractivity contribution in [1.29, 1.82) is 0 Å². The maximum atomic E-state index is 13.4. The molecule has 0 bridgehead atoms. The Morgan fingerprint density at radius 2 is 1.84 bits per heavy atom. The summed E-state index contributed by atoms with van der Waals surface area (Å²) >= 11 is 0. The summed E-state index contributed by atoms with van der Waals surface area (Å²) in [6.45, 7) is 11.7. The maximum absolute atomic E-state index is 13.4. The van der Waals surface area contributed by atoms with Crippen molar-refractivity contribution >= 4 is 20.2 Å². The maximum Gasteiger partial charge on any atom is 0.305 e. The third-order valence-corrected chi connectivity index (χ3v) is 12.9. The molecule has 2 fully saturated rings. The number of esters is 1. The Labute approximate surface area is 223 Å². The summed E-state index contributed by atoms with van der Waals surface area (Å²) in [4.78, 5) is 26.6. The van der Waals surface area contributed by atoms with Gasteiger partial charge in [0.25, 0.3) is 0 Å². The summed E-state index contributed by atoms with van der Waals surface area (Å²) in [6.07, 6.45) is 12.3. The van der Waals surface area contributed by atoms with Crippen LogP contribution in [0.1, 0.15) is 77.7 Å². The molecule has 2 atom stereocenters. The normalized spacial score (nSPS) is 20.2. The van der Waals surface area contributed by atoms with Gasteiger partial charge in [0, 0.05) is 19.3 Å². The van der Waals surface area contributed by atoms with Crippen molar-refractivity contribution in [3.05, 3.63) is 47.8 Å². The van der Waals surface area contributed by atoms with E-state index in [1.165, 1.54) is 37.8 Å². The molecule has 1 aromatic carbocycles. The van der Waals surface area contributed by atoms with Crippen LogP contribution in [-0.4, -0.2) is 50.4 Å². The SMILES string of the molecule is CC(C)(C)[Si](C)(C)O[C@H](C=C[C@H]1CCC(=O)N1CCOC(=O)CCC1CCCC1)Cc1ccc(F)cc1. The molecule has 1 saturated heterocycles. The van der Waals surface area contributed by atoms with Crippen molar-refractivity contribution < 1.29 is 23.1 Å². The van der Waals surface area contributed by atoms with Crippen LogP contribution < -0.4 is 0 Å². The van der Waals surface area contributed by atoms with Crippen molar-refractivity contribution in [2.45, 2.75) is 109 Å². The highest BCUT2D eigenvalue weighted by molar-refractivity contribution is 6.74. The van der Waals surface area contributed by atoms with Crippen molar-refractivity contribution in [2.24, 2.45) is 5.92 Å². The van der Waals surface area contributed by atoms with E-state index in [4.69, 9.17) is 9.16 Å². The molecular weight excluding hydrogens is 485 g/mol. The minimum absolute atomic E-state index is 0.0385. The van der Waals surface area contributed by atoms with Crippen molar-refractivity contribution in [3.63, 3.8) is 0 Å². The topological polar surface area (TPSA) is 55.8 Å². The van der Waals surface area contributed by atoms with Gasteiger partial charge >= 0.3 is 5.97 Å². The first-order chi connectivity index (χ1) is 17.4. The number of carbonyl (C=O) groups excluding carboxylic acids is 2. The van der Waals surface area contributed by atoms with E-state index in [0.29, 0.717) is 31.7 Å². The van der Waals surface area contributed by atoms with Gasteiger partial charge in [0.15, 0.2) is 8.32 Å². The van der Waals surface area contributed by atoms with Gasteiger partial charge in [-0.3, -0.25) is 9.59 Å². The Morgan fingerprint density at radius 3 is 2.49 bits per heavy atom. The Hall–Kier alpha value is -1.99. The Morgan fingerprint density at radius 1 is 1.16 bits per heavy atom. The fraction of sp³-hybridized carbons (Fsp3) is 0.667. The van der Waals surface area contributed by atoms with E-state index in [9.17, 15) is 14.0 Å². The predicted octanol–water partition coefficient (Wildman–Crippen LogP) is 6.82. The van der Waals surface area contributed by atoms with Gasteiger partial charge in [-0.1, -0.05) is 70.7 Å². The van der Waals surface area contributed by atoms with Gasteiger partial charge in [-0.05, 0) is 54.6 Å². The number of hydrogen-bond acceptors (Lipinski definition) is 4. The first-order valence-corrected chi connectivity index (χ1v) is 16.9. The Bertz CT molecular complexity index is 919. The molecular formula is C30H46FNO4Si. The van der Waals surface area contributed by atoms with Gasteiger partial charge in [-0.15, -0.1) is 0 Å². The molecule has 1 aromatic rings. The lowest BCUT2D eigenvalue weighted by atomic mass is 10.0. The quantitative estimate of drug-likeness (QED) is 0.169. The molecule has 0 unspecified atom stereocenters. The minimum Gasteiger partial charge on any atom is -0.464 e. The van der Waals surface area contributed by atoms with Crippen LogP contribution in [0.2, 0.25) is 18.1 Å². The molecule has 1 heterocycles. The molecule has 2 aliphatic rings. The second-order valence-electron chi connectivity index (χ2n) is 12.2. The van der Waals surface area contributed by atoms with Gasteiger partial charge in [0.2, 0.25) is 5.91 Å². The molecule has 1 saturated carbocycles. The number of carbonyl (C=O) groups is 2. The number of benzene rings is 1. The average Bonchev–Trinajstić information content (AvgIpc) is 3.47. The van der Waals surface area contributed by atoms with Crippen LogP contribution in [0.25, 0.3) is 0 Å². The second-order valence-corrected chi connectivity index (χ2v) is 17.0. The van der Waals surface area contributed by atoms with Crippen LogP contribution in [0.3, 0.4) is 0 Å². The molecule has 7 heteroatoms. The predicted molar refractivity (Wildman–Crippen MR) is 148 cm³/mol. The number of hydrogen-bond donors (Lipinski definition) is 0. The summed E-state index contributed by atoms with van der Waals surface area (Å²) in [7, 11) is -2.05.